The molecule has 1 fully saturated rings. The predicted molar refractivity (Wildman–Crippen MR) is 96.3 cm³/mol. The molecule has 0 atom stereocenters. The molecule has 0 radical (unpaired) electrons. The Morgan fingerprint density at radius 3 is 2.48 bits per heavy atom. The molecule has 5 nitrogen and oxygen atoms in total. The summed E-state index contributed by atoms with van der Waals surface area (Å²) in [6.45, 7) is 0.342. The van der Waals surface area contributed by atoms with E-state index in [-0.39, 0.29) is 24.3 Å². The van der Waals surface area contributed by atoms with Gasteiger partial charge in [0.15, 0.2) is 0 Å². The number of nitrogens with zero attached hydrogens (tertiary/aromatic N) is 2. The van der Waals surface area contributed by atoms with Crippen LogP contribution in [0.2, 0.25) is 0 Å². The van der Waals surface area contributed by atoms with E-state index in [9.17, 15) is 15.0 Å². The van der Waals surface area contributed by atoms with Crippen LogP contribution in [0, 0.1) is 0 Å². The molecule has 1 aliphatic rings. The molecule has 0 spiro atoms. The van der Waals surface area contributed by atoms with Crippen LogP contribution in [0.4, 0.5) is 0 Å². The van der Waals surface area contributed by atoms with Crippen molar-refractivity contribution in [3.63, 3.8) is 0 Å². The number of benzene rings is 1. The fourth-order valence-electron chi connectivity index (χ4n) is 3.51. The van der Waals surface area contributed by atoms with Crippen molar-refractivity contribution in [3.8, 4) is 17.0 Å². The molecular formula is C20H24N2O3. The Labute approximate surface area is 147 Å². The second-order valence-electron chi connectivity index (χ2n) is 6.46. The van der Waals surface area contributed by atoms with Crippen LogP contribution in [0.15, 0.2) is 42.6 Å². The highest BCUT2D eigenvalue weighted by molar-refractivity contribution is 5.95. The summed E-state index contributed by atoms with van der Waals surface area (Å²) in [6.07, 6.45) is 7.13. The Bertz CT molecular complexity index is 709. The van der Waals surface area contributed by atoms with Gasteiger partial charge >= 0.3 is 0 Å². The zero-order chi connectivity index (χ0) is 17.6. The highest BCUT2D eigenvalue weighted by atomic mass is 16.3. The Morgan fingerprint density at radius 1 is 1.12 bits per heavy atom. The standard InChI is InChI=1S/C20H24N2O3/c23-14-13-22(17-5-2-1-3-6-17)20(25)16-10-8-15(9-11-16)19-18(24)7-4-12-21-19/h4,7-12,17,23-24H,1-3,5-6,13-14H2. The van der Waals surface area contributed by atoms with Gasteiger partial charge in [0.2, 0.25) is 0 Å². The average Bonchev–Trinajstić information content (AvgIpc) is 2.67. The molecule has 0 aliphatic heterocycles. The normalized spacial score (nSPS) is 15.1. The Balaban J connectivity index is 1.80. The van der Waals surface area contributed by atoms with Crippen molar-refractivity contribution in [2.75, 3.05) is 13.2 Å². The molecule has 1 saturated carbocycles. The van der Waals surface area contributed by atoms with Gasteiger partial charge in [-0.05, 0) is 37.1 Å². The van der Waals surface area contributed by atoms with Gasteiger partial charge in [0.05, 0.1) is 6.61 Å². The summed E-state index contributed by atoms with van der Waals surface area (Å²) in [4.78, 5) is 18.9. The van der Waals surface area contributed by atoms with Crippen LogP contribution in [-0.4, -0.2) is 45.2 Å². The fourth-order valence-corrected chi connectivity index (χ4v) is 3.51. The monoisotopic (exact) mass is 340 g/mol. The second kappa shape index (κ2) is 8.12. The number of aromatic nitrogens is 1. The third-order valence-electron chi connectivity index (χ3n) is 4.81. The first-order chi connectivity index (χ1) is 12.2. The van der Waals surface area contributed by atoms with Crippen molar-refractivity contribution in [2.45, 2.75) is 38.1 Å². The summed E-state index contributed by atoms with van der Waals surface area (Å²) in [5.74, 6) is 0.0726. The maximum atomic E-state index is 12.9. The van der Waals surface area contributed by atoms with Crippen LogP contribution in [0.25, 0.3) is 11.3 Å². The smallest absolute Gasteiger partial charge is 0.254 e. The molecule has 2 aromatic rings. The molecule has 3 rings (SSSR count). The molecule has 1 aliphatic carbocycles. The number of rotatable bonds is 5. The minimum absolute atomic E-state index is 0.0257. The van der Waals surface area contributed by atoms with Gasteiger partial charge in [0.1, 0.15) is 11.4 Å². The molecule has 1 aromatic carbocycles. The zero-order valence-electron chi connectivity index (χ0n) is 14.3. The quantitative estimate of drug-likeness (QED) is 0.876. The van der Waals surface area contributed by atoms with E-state index in [1.54, 1.807) is 42.6 Å². The van der Waals surface area contributed by atoms with Gasteiger partial charge in [-0.15, -0.1) is 0 Å². The third kappa shape index (κ3) is 3.99. The number of aliphatic hydroxyl groups excluding tert-OH is 1. The van der Waals surface area contributed by atoms with Gasteiger partial charge in [-0.1, -0.05) is 31.4 Å². The Kier molecular flexibility index (Phi) is 5.66. The van der Waals surface area contributed by atoms with Gasteiger partial charge in [-0.2, -0.15) is 0 Å². The highest BCUT2D eigenvalue weighted by Gasteiger charge is 2.25. The predicted octanol–water partition coefficient (Wildman–Crippen LogP) is 3.22. The molecular weight excluding hydrogens is 316 g/mol. The van der Waals surface area contributed by atoms with Gasteiger partial charge in [0, 0.05) is 29.9 Å². The molecule has 5 heteroatoms. The van der Waals surface area contributed by atoms with Crippen LogP contribution in [0.5, 0.6) is 5.75 Å². The summed E-state index contributed by atoms with van der Waals surface area (Å²) in [6, 6.07) is 10.6. The lowest BCUT2D eigenvalue weighted by atomic mass is 9.93. The molecule has 1 amide bonds. The van der Waals surface area contributed by atoms with Crippen LogP contribution >= 0.6 is 0 Å². The second-order valence-corrected chi connectivity index (χ2v) is 6.46. The molecule has 0 saturated heterocycles. The van der Waals surface area contributed by atoms with Crippen LogP contribution in [0.3, 0.4) is 0 Å². The van der Waals surface area contributed by atoms with E-state index in [2.05, 4.69) is 4.98 Å². The van der Waals surface area contributed by atoms with Crippen LogP contribution < -0.4 is 0 Å². The minimum atomic E-state index is -0.0438. The first kappa shape index (κ1) is 17.4. The summed E-state index contributed by atoms with van der Waals surface area (Å²) in [5, 5.41) is 19.3. The van der Waals surface area contributed by atoms with Crippen molar-refractivity contribution >= 4 is 5.91 Å². The first-order valence-corrected chi connectivity index (χ1v) is 8.87. The van der Waals surface area contributed by atoms with Crippen LogP contribution in [0.1, 0.15) is 42.5 Å². The topological polar surface area (TPSA) is 73.7 Å². The van der Waals surface area contributed by atoms with E-state index in [1.165, 1.54) is 6.42 Å². The fraction of sp³-hybridized carbons (Fsp3) is 0.400. The largest absolute Gasteiger partial charge is 0.506 e. The lowest BCUT2D eigenvalue weighted by Gasteiger charge is -2.34. The third-order valence-corrected chi connectivity index (χ3v) is 4.81. The summed E-state index contributed by atoms with van der Waals surface area (Å²) in [5.41, 5.74) is 1.86. The number of aromatic hydroxyl groups is 1. The number of hydrogen-bond acceptors (Lipinski definition) is 4. The van der Waals surface area contributed by atoms with E-state index in [4.69, 9.17) is 0 Å². The number of pyridine rings is 1. The summed E-state index contributed by atoms with van der Waals surface area (Å²) in [7, 11) is 0. The lowest BCUT2D eigenvalue weighted by Crippen LogP contribution is -2.43. The molecule has 1 heterocycles. The zero-order valence-corrected chi connectivity index (χ0v) is 14.3. The molecule has 2 N–H and O–H groups in total. The number of carbonyl (C=O) groups is 1. The van der Waals surface area contributed by atoms with E-state index >= 15 is 0 Å². The SMILES string of the molecule is O=C(c1ccc(-c2ncccc2O)cc1)N(CCO)C1CCCCC1. The molecule has 132 valence electrons. The van der Waals surface area contributed by atoms with Gasteiger partial charge in [-0.25, -0.2) is 0 Å². The molecule has 25 heavy (non-hydrogen) atoms. The van der Waals surface area contributed by atoms with Gasteiger partial charge in [0.25, 0.3) is 5.91 Å². The van der Waals surface area contributed by atoms with Crippen molar-refractivity contribution in [3.05, 3.63) is 48.2 Å². The highest BCUT2D eigenvalue weighted by Crippen LogP contribution is 2.27. The lowest BCUT2D eigenvalue weighted by molar-refractivity contribution is 0.0585. The van der Waals surface area contributed by atoms with E-state index in [1.807, 2.05) is 4.90 Å². The Hall–Kier alpha value is -2.40. The van der Waals surface area contributed by atoms with E-state index in [0.29, 0.717) is 17.8 Å². The number of aliphatic hydroxyl groups is 1. The number of hydrogen-bond donors (Lipinski definition) is 2. The first-order valence-electron chi connectivity index (χ1n) is 8.87. The van der Waals surface area contributed by atoms with Crippen LogP contribution in [-0.2, 0) is 0 Å². The summed E-state index contributed by atoms with van der Waals surface area (Å²) < 4.78 is 0. The minimum Gasteiger partial charge on any atom is -0.506 e. The van der Waals surface area contributed by atoms with Crippen molar-refractivity contribution in [1.82, 2.24) is 9.88 Å². The average molecular weight is 340 g/mol. The molecule has 0 bridgehead atoms. The maximum Gasteiger partial charge on any atom is 0.254 e. The Morgan fingerprint density at radius 2 is 1.84 bits per heavy atom. The molecule has 0 unspecified atom stereocenters. The van der Waals surface area contributed by atoms with E-state index < -0.39 is 0 Å². The van der Waals surface area contributed by atoms with Crippen molar-refractivity contribution < 1.29 is 15.0 Å². The van der Waals surface area contributed by atoms with E-state index in [0.717, 1.165) is 31.2 Å². The summed E-state index contributed by atoms with van der Waals surface area (Å²) >= 11 is 0. The van der Waals surface area contributed by atoms with Gasteiger partial charge in [-0.3, -0.25) is 9.78 Å². The maximum absolute atomic E-state index is 12.9. The van der Waals surface area contributed by atoms with Gasteiger partial charge < -0.3 is 15.1 Å². The molecule has 1 aromatic heterocycles. The number of amides is 1. The van der Waals surface area contributed by atoms with Crippen molar-refractivity contribution in [1.29, 1.82) is 0 Å². The van der Waals surface area contributed by atoms with Crippen molar-refractivity contribution in [2.24, 2.45) is 0 Å². The number of carbonyl (C=O) groups excluding carboxylic acids is 1.